The number of carbonyl (C=O) groups is 3. The minimum absolute atomic E-state index is 0.170. The highest BCUT2D eigenvalue weighted by Gasteiger charge is 2.27. The van der Waals surface area contributed by atoms with E-state index in [2.05, 4.69) is 5.32 Å². The van der Waals surface area contributed by atoms with E-state index >= 15 is 0 Å². The lowest BCUT2D eigenvalue weighted by molar-refractivity contribution is -0.120. The molecule has 176 valence electrons. The molecular weight excluding hydrogens is 464 g/mol. The van der Waals surface area contributed by atoms with E-state index in [1.165, 1.54) is 6.26 Å². The van der Waals surface area contributed by atoms with Gasteiger partial charge in [-0.2, -0.15) is 0 Å². The Morgan fingerprint density at radius 1 is 0.971 bits per heavy atom. The normalized spacial score (nSPS) is 12.3. The van der Waals surface area contributed by atoms with E-state index in [1.54, 1.807) is 30.0 Å². The van der Waals surface area contributed by atoms with E-state index in [0.29, 0.717) is 15.4 Å². The maximum absolute atomic E-state index is 13.4. The first kappa shape index (κ1) is 22.6. The average molecular weight is 487 g/mol. The first-order valence-electron chi connectivity index (χ1n) is 11.1. The number of ether oxygens (including phenoxy) is 1. The number of aryl methyl sites for hydroxylation is 3. The fourth-order valence-electron chi connectivity index (χ4n) is 4.13. The summed E-state index contributed by atoms with van der Waals surface area (Å²) in [5.74, 6) is -1.19. The van der Waals surface area contributed by atoms with Crippen molar-refractivity contribution in [3.8, 4) is 0 Å². The van der Waals surface area contributed by atoms with Crippen LogP contribution in [0.3, 0.4) is 0 Å². The number of esters is 1. The number of rotatable bonds is 5. The van der Waals surface area contributed by atoms with E-state index in [-0.39, 0.29) is 11.7 Å². The van der Waals surface area contributed by atoms with Crippen LogP contribution in [0.1, 0.15) is 36.9 Å². The predicted octanol–water partition coefficient (Wildman–Crippen LogP) is 5.52. The highest BCUT2D eigenvalue weighted by molar-refractivity contribution is 7.18. The maximum Gasteiger partial charge on any atom is 0.349 e. The van der Waals surface area contributed by atoms with Crippen LogP contribution in [0.5, 0.6) is 0 Å². The summed E-state index contributed by atoms with van der Waals surface area (Å²) in [5.41, 5.74) is 4.37. The van der Waals surface area contributed by atoms with Gasteiger partial charge in [0.25, 0.3) is 11.8 Å². The summed E-state index contributed by atoms with van der Waals surface area (Å²) >= 11 is 1.09. The van der Waals surface area contributed by atoms with Gasteiger partial charge in [0.15, 0.2) is 12.4 Å². The smallest absolute Gasteiger partial charge is 0.349 e. The zero-order chi connectivity index (χ0) is 24.4. The number of thiophene rings is 1. The molecule has 0 radical (unpaired) electrons. The second-order valence-electron chi connectivity index (χ2n) is 8.12. The Bertz CT molecular complexity index is 1360. The zero-order valence-electron chi connectivity index (χ0n) is 18.9. The third-order valence-corrected chi connectivity index (χ3v) is 6.92. The lowest BCUT2D eigenvalue weighted by Gasteiger charge is -2.24. The summed E-state index contributed by atoms with van der Waals surface area (Å²) in [6.45, 7) is 1.34. The molecule has 35 heavy (non-hydrogen) atoms. The van der Waals surface area contributed by atoms with Gasteiger partial charge >= 0.3 is 5.97 Å². The van der Waals surface area contributed by atoms with Crippen molar-refractivity contribution in [1.82, 2.24) is 0 Å². The molecule has 0 spiro atoms. The molecule has 5 rings (SSSR count). The predicted molar refractivity (Wildman–Crippen MR) is 133 cm³/mol. The summed E-state index contributed by atoms with van der Waals surface area (Å²) in [4.78, 5) is 40.4. The van der Waals surface area contributed by atoms with Crippen molar-refractivity contribution in [3.63, 3.8) is 0 Å². The van der Waals surface area contributed by atoms with Crippen molar-refractivity contribution in [2.24, 2.45) is 0 Å². The second kappa shape index (κ2) is 9.60. The summed E-state index contributed by atoms with van der Waals surface area (Å²) < 4.78 is 10.5. The van der Waals surface area contributed by atoms with Crippen LogP contribution in [0.15, 0.2) is 77.4 Å². The third-order valence-electron chi connectivity index (χ3n) is 5.79. The molecule has 0 fully saturated rings. The van der Waals surface area contributed by atoms with Gasteiger partial charge in [-0.15, -0.1) is 11.3 Å². The molecule has 0 bridgehead atoms. The summed E-state index contributed by atoms with van der Waals surface area (Å²) in [6, 6.07) is 20.4. The van der Waals surface area contributed by atoms with Crippen LogP contribution in [-0.4, -0.2) is 24.4 Å². The number of amides is 2. The molecule has 0 atom stereocenters. The number of hydrogen-bond acceptors (Lipinski definition) is 6. The van der Waals surface area contributed by atoms with Gasteiger partial charge in [0.05, 0.1) is 22.6 Å². The minimum atomic E-state index is -0.615. The number of benzene rings is 2. The molecule has 0 saturated heterocycles. The average Bonchev–Trinajstić information content (AvgIpc) is 3.49. The molecule has 1 N–H and O–H groups in total. The van der Waals surface area contributed by atoms with Crippen LogP contribution < -0.4 is 10.2 Å². The number of nitrogens with one attached hydrogen (secondary N) is 1. The summed E-state index contributed by atoms with van der Waals surface area (Å²) in [7, 11) is 0. The van der Waals surface area contributed by atoms with Crippen molar-refractivity contribution in [2.75, 3.05) is 16.8 Å². The quantitative estimate of drug-likeness (QED) is 0.375. The Balaban J connectivity index is 1.32. The molecule has 2 aromatic carbocycles. The first-order chi connectivity index (χ1) is 17.0. The molecule has 4 aromatic rings. The van der Waals surface area contributed by atoms with Crippen LogP contribution in [0.2, 0.25) is 0 Å². The Labute approximate surface area is 205 Å². The Kier molecular flexibility index (Phi) is 6.20. The summed E-state index contributed by atoms with van der Waals surface area (Å²) in [6.07, 6.45) is 3.05. The number of anilines is 3. The van der Waals surface area contributed by atoms with Gasteiger partial charge in [-0.3, -0.25) is 14.5 Å². The van der Waals surface area contributed by atoms with Gasteiger partial charge in [0, 0.05) is 0 Å². The fourth-order valence-corrected chi connectivity index (χ4v) is 5.10. The van der Waals surface area contributed by atoms with Gasteiger partial charge in [-0.05, 0) is 66.8 Å². The maximum atomic E-state index is 13.4. The molecule has 3 heterocycles. The van der Waals surface area contributed by atoms with Crippen LogP contribution in [0.4, 0.5) is 16.4 Å². The Hall–Kier alpha value is -4.17. The van der Waals surface area contributed by atoms with Crippen molar-refractivity contribution < 1.29 is 23.5 Å². The number of hydrogen-bond donors (Lipinski definition) is 1. The second-order valence-corrected chi connectivity index (χ2v) is 9.17. The largest absolute Gasteiger partial charge is 0.459 e. The topological polar surface area (TPSA) is 88.9 Å². The van der Waals surface area contributed by atoms with Gasteiger partial charge < -0.3 is 14.5 Å². The SMILES string of the molecule is Cc1cc(NC(=O)c2ccco2)sc1C(=O)OCC(=O)N1c2ccccc2CCc2ccccc21. The summed E-state index contributed by atoms with van der Waals surface area (Å²) in [5, 5.41) is 3.19. The van der Waals surface area contributed by atoms with E-state index in [1.807, 2.05) is 48.5 Å². The highest BCUT2D eigenvalue weighted by Crippen LogP contribution is 2.36. The number of furan rings is 1. The van der Waals surface area contributed by atoms with Crippen LogP contribution >= 0.6 is 11.3 Å². The van der Waals surface area contributed by atoms with Crippen molar-refractivity contribution in [3.05, 3.63) is 100 Å². The Morgan fingerprint density at radius 2 is 1.63 bits per heavy atom. The standard InChI is InChI=1S/C27H22N2O5S/c1-17-15-23(28-26(31)22-11-6-14-33-22)35-25(17)27(32)34-16-24(30)29-20-9-4-2-7-18(20)12-13-19-8-3-5-10-21(19)29/h2-11,14-15H,12-13,16H2,1H3,(H,28,31). The molecule has 2 aromatic heterocycles. The molecule has 0 aliphatic carbocycles. The zero-order valence-corrected chi connectivity index (χ0v) is 19.8. The van der Waals surface area contributed by atoms with Crippen molar-refractivity contribution >= 4 is 45.5 Å². The first-order valence-corrected chi connectivity index (χ1v) is 11.9. The Morgan fingerprint density at radius 3 is 2.26 bits per heavy atom. The van der Waals surface area contributed by atoms with Gasteiger partial charge in [-0.1, -0.05) is 36.4 Å². The molecule has 2 amide bonds. The van der Waals surface area contributed by atoms with Crippen LogP contribution in [0, 0.1) is 6.92 Å². The van der Waals surface area contributed by atoms with E-state index in [9.17, 15) is 14.4 Å². The van der Waals surface area contributed by atoms with Crippen LogP contribution in [-0.2, 0) is 22.4 Å². The number of carbonyl (C=O) groups excluding carboxylic acids is 3. The molecule has 1 aliphatic rings. The van der Waals surface area contributed by atoms with E-state index in [0.717, 1.165) is 46.7 Å². The third kappa shape index (κ3) is 4.61. The lowest BCUT2D eigenvalue weighted by atomic mass is 10.0. The van der Waals surface area contributed by atoms with Gasteiger partial charge in [-0.25, -0.2) is 4.79 Å². The molecule has 0 unspecified atom stereocenters. The fraction of sp³-hybridized carbons (Fsp3) is 0.148. The molecule has 7 nitrogen and oxygen atoms in total. The van der Waals surface area contributed by atoms with Crippen molar-refractivity contribution in [1.29, 1.82) is 0 Å². The number of nitrogens with zero attached hydrogens (tertiary/aromatic N) is 1. The molecule has 1 aliphatic heterocycles. The number of fused-ring (bicyclic) bond motifs is 2. The molecular formula is C27H22N2O5S. The monoisotopic (exact) mass is 486 g/mol. The minimum Gasteiger partial charge on any atom is -0.459 e. The van der Waals surface area contributed by atoms with Gasteiger partial charge in [0.2, 0.25) is 0 Å². The lowest BCUT2D eigenvalue weighted by Crippen LogP contribution is -2.31. The number of para-hydroxylation sites is 2. The van der Waals surface area contributed by atoms with Crippen LogP contribution in [0.25, 0.3) is 0 Å². The van der Waals surface area contributed by atoms with E-state index < -0.39 is 18.5 Å². The molecule has 8 heteroatoms. The van der Waals surface area contributed by atoms with E-state index in [4.69, 9.17) is 9.15 Å². The molecule has 0 saturated carbocycles. The van der Waals surface area contributed by atoms with Gasteiger partial charge in [0.1, 0.15) is 4.88 Å². The van der Waals surface area contributed by atoms with Crippen molar-refractivity contribution in [2.45, 2.75) is 19.8 Å². The highest BCUT2D eigenvalue weighted by atomic mass is 32.1.